The number of aryl methyl sites for hydroxylation is 1. The summed E-state index contributed by atoms with van der Waals surface area (Å²) in [5.41, 5.74) is 0.529. The van der Waals surface area contributed by atoms with Gasteiger partial charge < -0.3 is 10.4 Å². The molecule has 1 aromatic carbocycles. The van der Waals surface area contributed by atoms with E-state index in [1.54, 1.807) is 31.2 Å². The largest absolute Gasteiger partial charge is 0.481 e. The predicted molar refractivity (Wildman–Crippen MR) is 99.2 cm³/mol. The topological polar surface area (TPSA) is 92.2 Å². The maximum Gasteiger partial charge on any atom is 0.315 e. The van der Waals surface area contributed by atoms with Crippen LogP contribution in [0.1, 0.15) is 60.5 Å². The van der Waals surface area contributed by atoms with Crippen LogP contribution >= 0.6 is 0 Å². The van der Waals surface area contributed by atoms with Gasteiger partial charge in [0, 0.05) is 12.7 Å². The molecule has 6 nitrogen and oxygen atoms in total. The quantitative estimate of drug-likeness (QED) is 0.796. The molecule has 0 fully saturated rings. The van der Waals surface area contributed by atoms with Gasteiger partial charge in [0.25, 0.3) is 5.91 Å². The lowest BCUT2D eigenvalue weighted by Gasteiger charge is -2.29. The number of hydrogen-bond donors (Lipinski definition) is 2. The molecule has 0 aliphatic carbocycles. The Morgan fingerprint density at radius 2 is 1.88 bits per heavy atom. The lowest BCUT2D eigenvalue weighted by atomic mass is 9.78. The van der Waals surface area contributed by atoms with Crippen LogP contribution in [0.25, 0.3) is 0 Å². The molecule has 138 valence electrons. The van der Waals surface area contributed by atoms with Crippen LogP contribution in [0.2, 0.25) is 0 Å². The molecule has 0 bridgehead atoms. The summed E-state index contributed by atoms with van der Waals surface area (Å²) < 4.78 is 0. The molecular formula is C20H25N3O3. The third-order valence-electron chi connectivity index (χ3n) is 4.62. The average molecular weight is 355 g/mol. The van der Waals surface area contributed by atoms with Crippen LogP contribution in [0, 0.1) is 6.92 Å². The Kier molecular flexibility index (Phi) is 6.08. The van der Waals surface area contributed by atoms with Gasteiger partial charge >= 0.3 is 5.97 Å². The van der Waals surface area contributed by atoms with E-state index in [0.717, 1.165) is 0 Å². The Labute approximate surface area is 153 Å². The second kappa shape index (κ2) is 8.08. The van der Waals surface area contributed by atoms with Gasteiger partial charge in [0.2, 0.25) is 0 Å². The number of carbonyl (C=O) groups is 2. The second-order valence-corrected chi connectivity index (χ2v) is 6.66. The summed E-state index contributed by atoms with van der Waals surface area (Å²) in [5.74, 6) is -0.663. The zero-order chi connectivity index (χ0) is 19.3. The number of carboxylic acid groups (broad SMARTS) is 1. The Hall–Kier alpha value is -2.76. The minimum absolute atomic E-state index is 0.00685. The molecule has 1 heterocycles. The highest BCUT2D eigenvalue weighted by Crippen LogP contribution is 2.28. The van der Waals surface area contributed by atoms with E-state index in [0.29, 0.717) is 29.1 Å². The number of carbonyl (C=O) groups excluding carboxylic acids is 1. The van der Waals surface area contributed by atoms with E-state index in [1.165, 1.54) is 6.20 Å². The summed E-state index contributed by atoms with van der Waals surface area (Å²) in [6.07, 6.45) is 1.86. The van der Waals surface area contributed by atoms with Crippen molar-refractivity contribution in [1.29, 1.82) is 0 Å². The van der Waals surface area contributed by atoms with Crippen LogP contribution in [0.15, 0.2) is 36.5 Å². The Morgan fingerprint density at radius 3 is 2.42 bits per heavy atom. The molecule has 0 saturated carbocycles. The van der Waals surface area contributed by atoms with E-state index in [4.69, 9.17) is 0 Å². The minimum atomic E-state index is -1.18. The Morgan fingerprint density at radius 1 is 1.23 bits per heavy atom. The van der Waals surface area contributed by atoms with E-state index >= 15 is 0 Å². The molecular weight excluding hydrogens is 330 g/mol. The summed E-state index contributed by atoms with van der Waals surface area (Å²) in [6.45, 7) is 7.48. The zero-order valence-corrected chi connectivity index (χ0v) is 15.6. The molecule has 0 spiro atoms. The lowest BCUT2D eigenvalue weighted by Crippen LogP contribution is -2.46. The highest BCUT2D eigenvalue weighted by molar-refractivity contribution is 5.95. The lowest BCUT2D eigenvalue weighted by molar-refractivity contribution is -0.143. The monoisotopic (exact) mass is 355 g/mol. The molecule has 1 unspecified atom stereocenters. The molecule has 1 amide bonds. The number of amides is 1. The molecule has 6 heteroatoms. The number of aliphatic carboxylic acids is 1. The summed E-state index contributed by atoms with van der Waals surface area (Å²) in [5, 5.41) is 12.6. The van der Waals surface area contributed by atoms with Crippen LogP contribution in [0.3, 0.4) is 0 Å². The van der Waals surface area contributed by atoms with Crippen molar-refractivity contribution in [2.45, 2.75) is 45.4 Å². The highest BCUT2D eigenvalue weighted by atomic mass is 16.4. The normalized spacial score (nSPS) is 13.3. The SMILES string of the molecule is CCC(CNC(=O)c1cnc(C)nc1C(C)C)(C(=O)O)c1ccccc1. The van der Waals surface area contributed by atoms with E-state index in [1.807, 2.05) is 26.8 Å². The number of carboxylic acids is 1. The maximum atomic E-state index is 12.7. The number of aromatic nitrogens is 2. The zero-order valence-electron chi connectivity index (χ0n) is 15.6. The van der Waals surface area contributed by atoms with Crippen molar-refractivity contribution >= 4 is 11.9 Å². The van der Waals surface area contributed by atoms with E-state index in [9.17, 15) is 14.7 Å². The molecule has 2 N–H and O–H groups in total. The number of nitrogens with zero attached hydrogens (tertiary/aromatic N) is 2. The number of hydrogen-bond acceptors (Lipinski definition) is 4. The first-order chi connectivity index (χ1) is 12.3. The third kappa shape index (κ3) is 3.90. The van der Waals surface area contributed by atoms with Crippen molar-refractivity contribution in [2.24, 2.45) is 0 Å². The maximum absolute atomic E-state index is 12.7. The first kappa shape index (κ1) is 19.6. The van der Waals surface area contributed by atoms with E-state index in [-0.39, 0.29) is 18.4 Å². The van der Waals surface area contributed by atoms with Crippen molar-refractivity contribution < 1.29 is 14.7 Å². The fourth-order valence-electron chi connectivity index (χ4n) is 2.97. The van der Waals surface area contributed by atoms with E-state index < -0.39 is 11.4 Å². The summed E-state index contributed by atoms with van der Waals surface area (Å²) in [6, 6.07) is 8.99. The second-order valence-electron chi connectivity index (χ2n) is 6.66. The molecule has 0 saturated heterocycles. The summed E-state index contributed by atoms with van der Waals surface area (Å²) in [7, 11) is 0. The number of rotatable bonds is 7. The Bertz CT molecular complexity index is 790. The first-order valence-corrected chi connectivity index (χ1v) is 8.72. The molecule has 1 atom stereocenters. The third-order valence-corrected chi connectivity index (χ3v) is 4.62. The van der Waals surface area contributed by atoms with Crippen molar-refractivity contribution in [3.63, 3.8) is 0 Å². The van der Waals surface area contributed by atoms with Crippen LogP contribution in [0.4, 0.5) is 0 Å². The van der Waals surface area contributed by atoms with Gasteiger partial charge in [0.15, 0.2) is 0 Å². The fraction of sp³-hybridized carbons (Fsp3) is 0.400. The van der Waals surface area contributed by atoms with Crippen LogP contribution in [0.5, 0.6) is 0 Å². The molecule has 2 rings (SSSR count). The molecule has 2 aromatic rings. The van der Waals surface area contributed by atoms with Crippen LogP contribution in [-0.2, 0) is 10.2 Å². The molecule has 26 heavy (non-hydrogen) atoms. The summed E-state index contributed by atoms with van der Waals surface area (Å²) in [4.78, 5) is 33.2. The molecule has 1 aromatic heterocycles. The van der Waals surface area contributed by atoms with Gasteiger partial charge in [-0.15, -0.1) is 0 Å². The van der Waals surface area contributed by atoms with Crippen molar-refractivity contribution in [1.82, 2.24) is 15.3 Å². The smallest absolute Gasteiger partial charge is 0.315 e. The summed E-state index contributed by atoms with van der Waals surface area (Å²) >= 11 is 0. The number of nitrogens with one attached hydrogen (secondary N) is 1. The average Bonchev–Trinajstić information content (AvgIpc) is 2.63. The minimum Gasteiger partial charge on any atom is -0.481 e. The van der Waals surface area contributed by atoms with Gasteiger partial charge in [-0.3, -0.25) is 9.59 Å². The van der Waals surface area contributed by atoms with Crippen molar-refractivity contribution in [3.8, 4) is 0 Å². The van der Waals surface area contributed by atoms with Gasteiger partial charge in [-0.25, -0.2) is 9.97 Å². The molecule has 0 aliphatic heterocycles. The Balaban J connectivity index is 2.30. The van der Waals surface area contributed by atoms with Crippen LogP contribution in [-0.4, -0.2) is 33.5 Å². The standard InChI is InChI=1S/C20H25N3O3/c1-5-20(19(25)26,15-9-7-6-8-10-15)12-22-18(24)16-11-21-14(4)23-17(16)13(2)3/h6-11,13H,5,12H2,1-4H3,(H,22,24)(H,25,26). The van der Waals surface area contributed by atoms with Gasteiger partial charge in [0.1, 0.15) is 11.2 Å². The van der Waals surface area contributed by atoms with Gasteiger partial charge in [-0.2, -0.15) is 0 Å². The number of benzene rings is 1. The molecule has 0 aliphatic rings. The van der Waals surface area contributed by atoms with Crippen molar-refractivity contribution in [2.75, 3.05) is 6.54 Å². The fourth-order valence-corrected chi connectivity index (χ4v) is 2.97. The predicted octanol–water partition coefficient (Wildman–Crippen LogP) is 3.07. The van der Waals surface area contributed by atoms with Gasteiger partial charge in [0.05, 0.1) is 11.3 Å². The van der Waals surface area contributed by atoms with Gasteiger partial charge in [-0.1, -0.05) is 51.1 Å². The van der Waals surface area contributed by atoms with Crippen molar-refractivity contribution in [3.05, 3.63) is 59.2 Å². The van der Waals surface area contributed by atoms with E-state index in [2.05, 4.69) is 15.3 Å². The molecule has 0 radical (unpaired) electrons. The van der Waals surface area contributed by atoms with Gasteiger partial charge in [-0.05, 0) is 24.8 Å². The van der Waals surface area contributed by atoms with Crippen LogP contribution < -0.4 is 5.32 Å². The highest BCUT2D eigenvalue weighted by Gasteiger charge is 2.39. The first-order valence-electron chi connectivity index (χ1n) is 8.72.